The molecular weight excluding hydrogens is 304 g/mol. The van der Waals surface area contributed by atoms with Crippen LogP contribution in [0.4, 0.5) is 13.2 Å². The average molecular weight is 309 g/mol. The monoisotopic (exact) mass is 308 g/mol. The summed E-state index contributed by atoms with van der Waals surface area (Å²) in [6.07, 6.45) is 0. The third kappa shape index (κ3) is 4.02. The lowest BCUT2D eigenvalue weighted by molar-refractivity contribution is -0.0547. The van der Waals surface area contributed by atoms with Gasteiger partial charge in [-0.1, -0.05) is 23.2 Å². The largest absolute Gasteiger partial charge is 0.523 e. The van der Waals surface area contributed by atoms with E-state index < -0.39 is 22.2 Å². The number of hydrogen-bond donors (Lipinski definition) is 0. The molecule has 17 heavy (non-hydrogen) atoms. The van der Waals surface area contributed by atoms with Gasteiger partial charge in [-0.15, -0.1) is 0 Å². The van der Waals surface area contributed by atoms with Crippen LogP contribution in [0.3, 0.4) is 0 Å². The Morgan fingerprint density at radius 2 is 1.59 bits per heavy atom. The lowest BCUT2D eigenvalue weighted by Crippen LogP contribution is -2.25. The lowest BCUT2D eigenvalue weighted by Gasteiger charge is -2.08. The van der Waals surface area contributed by atoms with Crippen molar-refractivity contribution in [3.63, 3.8) is 0 Å². The summed E-state index contributed by atoms with van der Waals surface area (Å²) in [6.45, 7) is -0.790. The number of alkyl halides is 3. The molecule has 0 atom stereocenters. The van der Waals surface area contributed by atoms with E-state index in [-0.39, 0.29) is 15.6 Å². The SMILES string of the molecule is O=S(=O)(OCc1cc(Cl)cc(Cl)c1)C(F)(F)F. The molecule has 0 unspecified atom stereocenters. The first kappa shape index (κ1) is 14.6. The molecule has 1 aromatic rings. The first-order valence-corrected chi connectivity index (χ1v) is 6.19. The quantitative estimate of drug-likeness (QED) is 0.635. The molecule has 9 heteroatoms. The second-order valence-electron chi connectivity index (χ2n) is 2.94. The predicted molar refractivity (Wildman–Crippen MR) is 56.2 cm³/mol. The molecule has 0 fully saturated rings. The summed E-state index contributed by atoms with van der Waals surface area (Å²) < 4.78 is 60.8. The molecule has 0 amide bonds. The maximum absolute atomic E-state index is 11.9. The Kier molecular flexibility index (Phi) is 4.29. The van der Waals surface area contributed by atoms with Gasteiger partial charge in [0.2, 0.25) is 0 Å². The molecule has 0 N–H and O–H groups in total. The summed E-state index contributed by atoms with van der Waals surface area (Å²) in [5.41, 5.74) is -5.33. The Labute approximate surface area is 105 Å². The molecule has 0 heterocycles. The standard InChI is InChI=1S/C8H5Cl2F3O3S/c9-6-1-5(2-7(10)3-6)4-16-17(14,15)8(11,12)13/h1-3H,4H2. The fraction of sp³-hybridized carbons (Fsp3) is 0.250. The molecular formula is C8H5Cl2F3O3S. The maximum Gasteiger partial charge on any atom is 0.523 e. The van der Waals surface area contributed by atoms with Crippen molar-refractivity contribution in [1.29, 1.82) is 0 Å². The Morgan fingerprint density at radius 3 is 2.00 bits per heavy atom. The molecule has 96 valence electrons. The molecule has 0 aliphatic carbocycles. The number of benzene rings is 1. The van der Waals surface area contributed by atoms with E-state index in [1.54, 1.807) is 0 Å². The van der Waals surface area contributed by atoms with Gasteiger partial charge < -0.3 is 0 Å². The van der Waals surface area contributed by atoms with Crippen molar-refractivity contribution < 1.29 is 25.8 Å². The van der Waals surface area contributed by atoms with Gasteiger partial charge in [0.15, 0.2) is 0 Å². The molecule has 0 saturated heterocycles. The van der Waals surface area contributed by atoms with Gasteiger partial charge in [0.25, 0.3) is 0 Å². The van der Waals surface area contributed by atoms with Crippen molar-refractivity contribution in [2.24, 2.45) is 0 Å². The van der Waals surface area contributed by atoms with Crippen molar-refractivity contribution in [1.82, 2.24) is 0 Å². The number of hydrogen-bond acceptors (Lipinski definition) is 3. The molecule has 0 aliphatic rings. The van der Waals surface area contributed by atoms with Crippen LogP contribution in [0.25, 0.3) is 0 Å². The van der Waals surface area contributed by atoms with Gasteiger partial charge in [-0.3, -0.25) is 4.18 Å². The average Bonchev–Trinajstić information content (AvgIpc) is 2.11. The predicted octanol–water partition coefficient (Wildman–Crippen LogP) is 3.36. The molecule has 0 radical (unpaired) electrons. The maximum atomic E-state index is 11.9. The molecule has 0 spiro atoms. The third-order valence-corrected chi connectivity index (χ3v) is 3.02. The van der Waals surface area contributed by atoms with Gasteiger partial charge in [-0.25, -0.2) is 0 Å². The van der Waals surface area contributed by atoms with E-state index >= 15 is 0 Å². The van der Waals surface area contributed by atoms with E-state index in [0.29, 0.717) is 0 Å². The summed E-state index contributed by atoms with van der Waals surface area (Å²) in [4.78, 5) is 0. The summed E-state index contributed by atoms with van der Waals surface area (Å²) in [7, 11) is -5.61. The van der Waals surface area contributed by atoms with Gasteiger partial charge >= 0.3 is 15.6 Å². The van der Waals surface area contributed by atoms with Gasteiger partial charge in [0.1, 0.15) is 0 Å². The Balaban J connectivity index is 2.81. The highest BCUT2D eigenvalue weighted by Gasteiger charge is 2.47. The van der Waals surface area contributed by atoms with Gasteiger partial charge in [-0.2, -0.15) is 21.6 Å². The van der Waals surface area contributed by atoms with E-state index in [1.807, 2.05) is 0 Å². The van der Waals surface area contributed by atoms with Crippen LogP contribution < -0.4 is 0 Å². The minimum atomic E-state index is -5.61. The van der Waals surface area contributed by atoms with Crippen LogP contribution in [0, 0.1) is 0 Å². The van der Waals surface area contributed by atoms with E-state index in [1.165, 1.54) is 18.2 Å². The molecule has 1 rings (SSSR count). The minimum Gasteiger partial charge on any atom is -0.258 e. The number of halogens is 5. The smallest absolute Gasteiger partial charge is 0.258 e. The van der Waals surface area contributed by atoms with Crippen molar-refractivity contribution in [2.45, 2.75) is 12.1 Å². The van der Waals surface area contributed by atoms with Crippen LogP contribution in [0.2, 0.25) is 10.0 Å². The zero-order valence-electron chi connectivity index (χ0n) is 7.96. The first-order valence-electron chi connectivity index (χ1n) is 4.02. The molecule has 1 aromatic carbocycles. The van der Waals surface area contributed by atoms with Crippen LogP contribution in [-0.4, -0.2) is 13.9 Å². The van der Waals surface area contributed by atoms with Crippen molar-refractivity contribution in [3.05, 3.63) is 33.8 Å². The molecule has 0 bridgehead atoms. The van der Waals surface area contributed by atoms with Crippen molar-refractivity contribution in [2.75, 3.05) is 0 Å². The Bertz CT molecular complexity index is 493. The fourth-order valence-electron chi connectivity index (χ4n) is 0.907. The summed E-state index contributed by atoms with van der Waals surface area (Å²) in [5.74, 6) is 0. The highest BCUT2D eigenvalue weighted by molar-refractivity contribution is 7.87. The second kappa shape index (κ2) is 5.01. The second-order valence-corrected chi connectivity index (χ2v) is 5.42. The third-order valence-electron chi connectivity index (χ3n) is 1.59. The molecule has 0 saturated carbocycles. The van der Waals surface area contributed by atoms with Crippen molar-refractivity contribution >= 4 is 33.3 Å². The van der Waals surface area contributed by atoms with Gasteiger partial charge in [0, 0.05) is 10.0 Å². The topological polar surface area (TPSA) is 43.4 Å². The van der Waals surface area contributed by atoms with E-state index in [9.17, 15) is 21.6 Å². The zero-order chi connectivity index (χ0) is 13.3. The summed E-state index contributed by atoms with van der Waals surface area (Å²) >= 11 is 11.2. The van der Waals surface area contributed by atoms with Crippen LogP contribution >= 0.6 is 23.2 Å². The van der Waals surface area contributed by atoms with Crippen LogP contribution in [0.1, 0.15) is 5.56 Å². The van der Waals surface area contributed by atoms with E-state index in [0.717, 1.165) is 0 Å². The minimum absolute atomic E-state index is 0.121. The van der Waals surface area contributed by atoms with E-state index in [4.69, 9.17) is 23.2 Å². The fourth-order valence-corrected chi connectivity index (χ4v) is 1.90. The Morgan fingerprint density at radius 1 is 1.12 bits per heavy atom. The molecule has 0 aliphatic heterocycles. The van der Waals surface area contributed by atoms with Crippen LogP contribution in [0.15, 0.2) is 18.2 Å². The van der Waals surface area contributed by atoms with Crippen LogP contribution in [-0.2, 0) is 20.9 Å². The van der Waals surface area contributed by atoms with Gasteiger partial charge in [-0.05, 0) is 23.8 Å². The van der Waals surface area contributed by atoms with E-state index in [2.05, 4.69) is 4.18 Å². The van der Waals surface area contributed by atoms with Gasteiger partial charge in [0.05, 0.1) is 6.61 Å². The van der Waals surface area contributed by atoms with Crippen LogP contribution in [0.5, 0.6) is 0 Å². The highest BCUT2D eigenvalue weighted by Crippen LogP contribution is 2.26. The highest BCUT2D eigenvalue weighted by atomic mass is 35.5. The zero-order valence-corrected chi connectivity index (χ0v) is 10.3. The Hall–Kier alpha value is -0.500. The summed E-state index contributed by atoms with van der Waals surface area (Å²) in [5, 5.41) is 0.334. The molecule has 0 aromatic heterocycles. The lowest BCUT2D eigenvalue weighted by atomic mass is 10.2. The normalized spacial score (nSPS) is 12.8. The molecule has 3 nitrogen and oxygen atoms in total. The first-order chi connectivity index (χ1) is 7.62. The number of rotatable bonds is 3. The van der Waals surface area contributed by atoms with Crippen molar-refractivity contribution in [3.8, 4) is 0 Å². The summed E-state index contributed by atoms with van der Waals surface area (Å²) in [6, 6.07) is 3.85.